The van der Waals surface area contributed by atoms with E-state index in [0.717, 1.165) is 0 Å². The quantitative estimate of drug-likeness (QED) is 0.378. The number of ketones is 1. The zero-order chi connectivity index (χ0) is 19.3. The zero-order valence-electron chi connectivity index (χ0n) is 13.2. The summed E-state index contributed by atoms with van der Waals surface area (Å²) in [5.41, 5.74) is -3.70. The van der Waals surface area contributed by atoms with Gasteiger partial charge < -0.3 is 20.1 Å². The van der Waals surface area contributed by atoms with E-state index in [1.807, 2.05) is 0 Å². The Kier molecular flexibility index (Phi) is 5.48. The van der Waals surface area contributed by atoms with Crippen LogP contribution in [-0.2, 0) is 14.3 Å². The van der Waals surface area contributed by atoms with E-state index in [2.05, 4.69) is 0 Å². The lowest BCUT2D eigenvalue weighted by atomic mass is 9.87. The van der Waals surface area contributed by atoms with E-state index in [4.69, 9.17) is 9.84 Å². The number of esters is 1. The van der Waals surface area contributed by atoms with Crippen molar-refractivity contribution in [3.05, 3.63) is 71.8 Å². The molecule has 2 aromatic rings. The molecule has 0 spiro atoms. The largest absolute Gasteiger partial charge is 0.479 e. The van der Waals surface area contributed by atoms with Crippen LogP contribution in [0.5, 0.6) is 0 Å². The normalized spacial score (nSPS) is 13.9. The molecule has 2 aromatic carbocycles. The van der Waals surface area contributed by atoms with Gasteiger partial charge in [0.1, 0.15) is 0 Å². The number of hydrogen-bond acceptors (Lipinski definition) is 6. The Hall–Kier alpha value is -3.52. The number of benzene rings is 2. The van der Waals surface area contributed by atoms with E-state index in [0.29, 0.717) is 0 Å². The number of aliphatic hydroxyl groups excluding tert-OH is 1. The smallest absolute Gasteiger partial charge is 0.360 e. The molecule has 134 valence electrons. The second kappa shape index (κ2) is 7.58. The number of hydrogen-bond donors (Lipinski definition) is 3. The van der Waals surface area contributed by atoms with Crippen LogP contribution in [0.25, 0.3) is 0 Å². The van der Waals surface area contributed by atoms with Crippen LogP contribution in [0.15, 0.2) is 60.7 Å². The van der Waals surface area contributed by atoms with E-state index < -0.39 is 35.4 Å². The minimum atomic E-state index is -3.35. The molecule has 0 saturated heterocycles. The third-order valence-corrected chi connectivity index (χ3v) is 3.57. The second-order valence-corrected chi connectivity index (χ2v) is 5.23. The molecule has 0 aliphatic heterocycles. The number of rotatable bonds is 7. The third kappa shape index (κ3) is 3.45. The molecule has 0 heterocycles. The van der Waals surface area contributed by atoms with Crippen molar-refractivity contribution in [2.24, 2.45) is 0 Å². The zero-order valence-corrected chi connectivity index (χ0v) is 13.2. The summed E-state index contributed by atoms with van der Waals surface area (Å²) in [7, 11) is 0. The summed E-state index contributed by atoms with van der Waals surface area (Å²) in [4.78, 5) is 48.1. The molecule has 0 aliphatic rings. The van der Waals surface area contributed by atoms with Gasteiger partial charge in [-0.25, -0.2) is 14.4 Å². The SMILES string of the molecule is O=C(O[C@](C(=O)O)(C(=O)c1ccccc1)[C@@H](O)C(=O)O)c1ccccc1. The number of Topliss-reactive ketones (excluding diaryl/α,β-unsaturated/α-hetero) is 1. The number of aliphatic carboxylic acids is 2. The van der Waals surface area contributed by atoms with E-state index in [-0.39, 0.29) is 11.1 Å². The van der Waals surface area contributed by atoms with Gasteiger partial charge in [0.2, 0.25) is 11.9 Å². The number of carbonyl (C=O) groups is 4. The van der Waals surface area contributed by atoms with Crippen LogP contribution >= 0.6 is 0 Å². The van der Waals surface area contributed by atoms with Crippen molar-refractivity contribution in [1.82, 2.24) is 0 Å². The van der Waals surface area contributed by atoms with Crippen LogP contribution in [-0.4, -0.2) is 50.7 Å². The Bertz CT molecular complexity index is 831. The summed E-state index contributed by atoms with van der Waals surface area (Å²) in [6.07, 6.45) is -2.82. The molecule has 0 bridgehead atoms. The van der Waals surface area contributed by atoms with Crippen LogP contribution < -0.4 is 0 Å². The van der Waals surface area contributed by atoms with E-state index >= 15 is 0 Å². The molecule has 0 unspecified atom stereocenters. The summed E-state index contributed by atoms with van der Waals surface area (Å²) >= 11 is 0. The lowest BCUT2D eigenvalue weighted by Crippen LogP contribution is -2.61. The highest BCUT2D eigenvalue weighted by Gasteiger charge is 2.59. The lowest BCUT2D eigenvalue weighted by molar-refractivity contribution is -0.176. The molecule has 2 rings (SSSR count). The Morgan fingerprint density at radius 2 is 1.27 bits per heavy atom. The van der Waals surface area contributed by atoms with Crippen molar-refractivity contribution in [1.29, 1.82) is 0 Å². The first-order valence-electron chi connectivity index (χ1n) is 7.33. The number of carboxylic acids is 2. The van der Waals surface area contributed by atoms with Crippen molar-refractivity contribution in [3.8, 4) is 0 Å². The first-order chi connectivity index (χ1) is 12.3. The summed E-state index contributed by atoms with van der Waals surface area (Å²) in [6, 6.07) is 13.9. The molecular weight excluding hydrogens is 344 g/mol. The number of carboxylic acid groups (broad SMARTS) is 2. The second-order valence-electron chi connectivity index (χ2n) is 5.23. The maximum atomic E-state index is 12.7. The average Bonchev–Trinajstić information content (AvgIpc) is 2.65. The first-order valence-corrected chi connectivity index (χ1v) is 7.33. The summed E-state index contributed by atoms with van der Waals surface area (Å²) < 4.78 is 4.81. The van der Waals surface area contributed by atoms with Crippen LogP contribution in [0.2, 0.25) is 0 Å². The summed E-state index contributed by atoms with van der Waals surface area (Å²) in [6.45, 7) is 0. The van der Waals surface area contributed by atoms with Crippen LogP contribution in [0, 0.1) is 0 Å². The van der Waals surface area contributed by atoms with Crippen LogP contribution in [0.3, 0.4) is 0 Å². The fraction of sp³-hybridized carbons (Fsp3) is 0.111. The van der Waals surface area contributed by atoms with Gasteiger partial charge in [0.15, 0.2) is 0 Å². The lowest BCUT2D eigenvalue weighted by Gasteiger charge is -2.30. The molecular formula is C18H14O8. The standard InChI is InChI=1S/C18H14O8/c19-13(11-7-3-1-4-8-11)18(17(24)25,14(20)15(21)22)26-16(23)12-9-5-2-6-10-12/h1-10,14,20H,(H,21,22)(H,24,25)/t14-,18+/m0/s1. The molecule has 0 amide bonds. The fourth-order valence-corrected chi connectivity index (χ4v) is 2.24. The Morgan fingerprint density at radius 1 is 0.808 bits per heavy atom. The molecule has 26 heavy (non-hydrogen) atoms. The summed E-state index contributed by atoms with van der Waals surface area (Å²) in [5.74, 6) is -6.77. The van der Waals surface area contributed by atoms with Crippen molar-refractivity contribution in [2.75, 3.05) is 0 Å². The molecule has 3 N–H and O–H groups in total. The molecule has 0 radical (unpaired) electrons. The highest BCUT2D eigenvalue weighted by molar-refractivity contribution is 6.19. The van der Waals surface area contributed by atoms with Gasteiger partial charge in [-0.15, -0.1) is 0 Å². The minimum absolute atomic E-state index is 0.114. The van der Waals surface area contributed by atoms with Crippen molar-refractivity contribution >= 4 is 23.7 Å². The van der Waals surface area contributed by atoms with E-state index in [1.165, 1.54) is 48.5 Å². The van der Waals surface area contributed by atoms with Crippen molar-refractivity contribution in [2.45, 2.75) is 11.7 Å². The fourth-order valence-electron chi connectivity index (χ4n) is 2.24. The molecule has 8 nitrogen and oxygen atoms in total. The molecule has 0 fully saturated rings. The van der Waals surface area contributed by atoms with Gasteiger partial charge in [-0.3, -0.25) is 4.79 Å². The van der Waals surface area contributed by atoms with Gasteiger partial charge in [0.25, 0.3) is 0 Å². The molecule has 0 saturated carbocycles. The minimum Gasteiger partial charge on any atom is -0.479 e. The molecule has 0 aliphatic carbocycles. The van der Waals surface area contributed by atoms with Gasteiger partial charge in [-0.2, -0.15) is 0 Å². The van der Waals surface area contributed by atoms with Crippen molar-refractivity contribution < 1.29 is 39.2 Å². The van der Waals surface area contributed by atoms with Gasteiger partial charge in [-0.05, 0) is 12.1 Å². The predicted molar refractivity (Wildman–Crippen MR) is 86.6 cm³/mol. The average molecular weight is 358 g/mol. The highest BCUT2D eigenvalue weighted by atomic mass is 16.6. The third-order valence-electron chi connectivity index (χ3n) is 3.57. The van der Waals surface area contributed by atoms with Gasteiger partial charge >= 0.3 is 23.5 Å². The van der Waals surface area contributed by atoms with Gasteiger partial charge in [0, 0.05) is 5.56 Å². The van der Waals surface area contributed by atoms with Crippen LogP contribution in [0.1, 0.15) is 20.7 Å². The number of carbonyl (C=O) groups excluding carboxylic acids is 2. The van der Waals surface area contributed by atoms with E-state index in [1.54, 1.807) is 12.1 Å². The van der Waals surface area contributed by atoms with Crippen LogP contribution in [0.4, 0.5) is 0 Å². The predicted octanol–water partition coefficient (Wildman–Crippen LogP) is 0.995. The number of ether oxygens (including phenoxy) is 1. The monoisotopic (exact) mass is 358 g/mol. The molecule has 8 heteroatoms. The maximum absolute atomic E-state index is 12.7. The maximum Gasteiger partial charge on any atom is 0.360 e. The Labute approximate surface area is 147 Å². The topological polar surface area (TPSA) is 138 Å². The van der Waals surface area contributed by atoms with Gasteiger partial charge in [0.05, 0.1) is 5.56 Å². The summed E-state index contributed by atoms with van der Waals surface area (Å²) in [5, 5.41) is 28.6. The van der Waals surface area contributed by atoms with Gasteiger partial charge in [-0.1, -0.05) is 48.5 Å². The molecule has 2 atom stereocenters. The Morgan fingerprint density at radius 3 is 1.69 bits per heavy atom. The van der Waals surface area contributed by atoms with Crippen molar-refractivity contribution in [3.63, 3.8) is 0 Å². The first kappa shape index (κ1) is 18.8. The number of aliphatic hydroxyl groups is 1. The van der Waals surface area contributed by atoms with E-state index in [9.17, 15) is 29.4 Å². The molecule has 0 aromatic heterocycles. The highest BCUT2D eigenvalue weighted by Crippen LogP contribution is 2.25. The Balaban J connectivity index is 2.57.